The molecular weight excluding hydrogens is 211 g/mol. The van der Waals surface area contributed by atoms with Gasteiger partial charge in [0.05, 0.1) is 4.92 Å². The Labute approximate surface area is 92.4 Å². The number of hydrogen-bond acceptors (Lipinski definition) is 3. The van der Waals surface area contributed by atoms with Gasteiger partial charge < -0.3 is 5.73 Å². The van der Waals surface area contributed by atoms with Gasteiger partial charge in [-0.2, -0.15) is 4.39 Å². The summed E-state index contributed by atoms with van der Waals surface area (Å²) in [4.78, 5) is 9.71. The highest BCUT2D eigenvalue weighted by Gasteiger charge is 2.15. The normalized spacial score (nSPS) is 9.44. The van der Waals surface area contributed by atoms with Crippen molar-refractivity contribution < 1.29 is 9.31 Å². The standard InChI is InChI=1S/C11H11FN2O2/c1-8-6-11(14(15)16)10(12)7-9(8)4-2-3-5-13/h6-7H,3,5,13H2,1H3. The van der Waals surface area contributed by atoms with E-state index in [4.69, 9.17) is 5.73 Å². The molecule has 0 aliphatic rings. The molecule has 84 valence electrons. The lowest BCUT2D eigenvalue weighted by atomic mass is 10.1. The van der Waals surface area contributed by atoms with Gasteiger partial charge in [0.25, 0.3) is 0 Å². The first-order valence-corrected chi connectivity index (χ1v) is 4.69. The van der Waals surface area contributed by atoms with Gasteiger partial charge in [0, 0.05) is 24.6 Å². The molecule has 0 aliphatic carbocycles. The van der Waals surface area contributed by atoms with Crippen molar-refractivity contribution in [2.45, 2.75) is 13.3 Å². The van der Waals surface area contributed by atoms with Crippen molar-refractivity contribution in [3.05, 3.63) is 39.2 Å². The first-order valence-electron chi connectivity index (χ1n) is 4.69. The first-order chi connectivity index (χ1) is 7.56. The zero-order valence-electron chi connectivity index (χ0n) is 8.79. The summed E-state index contributed by atoms with van der Waals surface area (Å²) in [6.07, 6.45) is 0.512. The van der Waals surface area contributed by atoms with Crippen LogP contribution in [-0.4, -0.2) is 11.5 Å². The second-order valence-corrected chi connectivity index (χ2v) is 3.22. The quantitative estimate of drug-likeness (QED) is 0.470. The van der Waals surface area contributed by atoms with E-state index < -0.39 is 16.4 Å². The van der Waals surface area contributed by atoms with E-state index in [-0.39, 0.29) is 0 Å². The summed E-state index contributed by atoms with van der Waals surface area (Å²) in [6, 6.07) is 2.26. The van der Waals surface area contributed by atoms with E-state index in [1.807, 2.05) is 0 Å². The molecule has 16 heavy (non-hydrogen) atoms. The Morgan fingerprint density at radius 3 is 2.81 bits per heavy atom. The second-order valence-electron chi connectivity index (χ2n) is 3.22. The van der Waals surface area contributed by atoms with E-state index >= 15 is 0 Å². The number of rotatable bonds is 2. The van der Waals surface area contributed by atoms with Crippen LogP contribution in [0.2, 0.25) is 0 Å². The van der Waals surface area contributed by atoms with E-state index in [2.05, 4.69) is 11.8 Å². The van der Waals surface area contributed by atoms with Crippen LogP contribution in [0.25, 0.3) is 0 Å². The molecule has 0 fully saturated rings. The molecule has 0 heterocycles. The molecule has 0 spiro atoms. The molecule has 0 unspecified atom stereocenters. The van der Waals surface area contributed by atoms with Crippen LogP contribution < -0.4 is 5.73 Å². The summed E-state index contributed by atoms with van der Waals surface area (Å²) in [5.74, 6) is 4.62. The molecule has 0 atom stereocenters. The summed E-state index contributed by atoms with van der Waals surface area (Å²) in [5, 5.41) is 10.5. The maximum Gasteiger partial charge on any atom is 0.305 e. The third kappa shape index (κ3) is 2.78. The van der Waals surface area contributed by atoms with Crippen LogP contribution in [0.1, 0.15) is 17.5 Å². The van der Waals surface area contributed by atoms with Gasteiger partial charge in [-0.1, -0.05) is 11.8 Å². The van der Waals surface area contributed by atoms with E-state index in [1.165, 1.54) is 6.07 Å². The van der Waals surface area contributed by atoms with Crippen molar-refractivity contribution in [1.29, 1.82) is 0 Å². The van der Waals surface area contributed by atoms with Gasteiger partial charge in [-0.05, 0) is 18.6 Å². The molecular formula is C11H11FN2O2. The summed E-state index contributed by atoms with van der Waals surface area (Å²) in [6.45, 7) is 2.08. The van der Waals surface area contributed by atoms with E-state index in [0.717, 1.165) is 6.07 Å². The summed E-state index contributed by atoms with van der Waals surface area (Å²) < 4.78 is 13.3. The summed E-state index contributed by atoms with van der Waals surface area (Å²) in [5.41, 5.74) is 5.77. The maximum atomic E-state index is 13.3. The minimum Gasteiger partial charge on any atom is -0.330 e. The lowest BCUT2D eigenvalue weighted by molar-refractivity contribution is -0.387. The molecule has 1 rings (SSSR count). The molecule has 2 N–H and O–H groups in total. The lowest BCUT2D eigenvalue weighted by Gasteiger charge is -1.99. The largest absolute Gasteiger partial charge is 0.330 e. The average Bonchev–Trinajstić information content (AvgIpc) is 2.22. The molecule has 0 aliphatic heterocycles. The monoisotopic (exact) mass is 222 g/mol. The van der Waals surface area contributed by atoms with Crippen molar-refractivity contribution in [3.8, 4) is 11.8 Å². The van der Waals surface area contributed by atoms with E-state index in [9.17, 15) is 14.5 Å². The van der Waals surface area contributed by atoms with Crippen LogP contribution in [0.15, 0.2) is 12.1 Å². The number of hydrogen-bond donors (Lipinski definition) is 1. The average molecular weight is 222 g/mol. The molecule has 0 saturated carbocycles. The summed E-state index contributed by atoms with van der Waals surface area (Å²) in [7, 11) is 0. The summed E-state index contributed by atoms with van der Waals surface area (Å²) >= 11 is 0. The van der Waals surface area contributed by atoms with Crippen LogP contribution in [0.4, 0.5) is 10.1 Å². The Morgan fingerprint density at radius 1 is 1.56 bits per heavy atom. The molecule has 4 nitrogen and oxygen atoms in total. The van der Waals surface area contributed by atoms with Crippen LogP contribution in [0, 0.1) is 34.7 Å². The number of aryl methyl sites for hydroxylation is 1. The van der Waals surface area contributed by atoms with Crippen molar-refractivity contribution in [1.82, 2.24) is 0 Å². The zero-order valence-corrected chi connectivity index (χ0v) is 8.79. The highest BCUT2D eigenvalue weighted by molar-refractivity contribution is 5.48. The number of halogens is 1. The third-order valence-electron chi connectivity index (χ3n) is 1.98. The smallest absolute Gasteiger partial charge is 0.305 e. The highest BCUT2D eigenvalue weighted by Crippen LogP contribution is 2.21. The fourth-order valence-corrected chi connectivity index (χ4v) is 1.17. The topological polar surface area (TPSA) is 69.2 Å². The predicted molar refractivity (Wildman–Crippen MR) is 58.3 cm³/mol. The van der Waals surface area contributed by atoms with Crippen LogP contribution in [-0.2, 0) is 0 Å². The SMILES string of the molecule is Cc1cc([N+](=O)[O-])c(F)cc1C#CCCN. The number of nitro benzene ring substituents is 1. The van der Waals surface area contributed by atoms with Crippen LogP contribution in [0.5, 0.6) is 0 Å². The lowest BCUT2D eigenvalue weighted by Crippen LogP contribution is -1.97. The van der Waals surface area contributed by atoms with Gasteiger partial charge >= 0.3 is 5.69 Å². The number of nitrogens with zero attached hydrogens (tertiary/aromatic N) is 1. The van der Waals surface area contributed by atoms with Gasteiger partial charge in [0.15, 0.2) is 0 Å². The Bertz CT molecular complexity index is 475. The van der Waals surface area contributed by atoms with Crippen molar-refractivity contribution in [2.24, 2.45) is 5.73 Å². The Kier molecular flexibility index (Phi) is 3.97. The minimum absolute atomic E-state index is 0.432. The fourth-order valence-electron chi connectivity index (χ4n) is 1.17. The molecule has 0 radical (unpaired) electrons. The van der Waals surface area contributed by atoms with Crippen molar-refractivity contribution in [3.63, 3.8) is 0 Å². The van der Waals surface area contributed by atoms with Gasteiger partial charge in [0.1, 0.15) is 0 Å². The fraction of sp³-hybridized carbons (Fsp3) is 0.273. The molecule has 0 amide bonds. The maximum absolute atomic E-state index is 13.3. The molecule has 0 saturated heterocycles. The van der Waals surface area contributed by atoms with Gasteiger partial charge in [-0.3, -0.25) is 10.1 Å². The molecule has 5 heteroatoms. The van der Waals surface area contributed by atoms with Crippen molar-refractivity contribution in [2.75, 3.05) is 6.54 Å². The van der Waals surface area contributed by atoms with Gasteiger partial charge in [0.2, 0.25) is 5.82 Å². The molecule has 1 aromatic carbocycles. The van der Waals surface area contributed by atoms with Gasteiger partial charge in [-0.25, -0.2) is 0 Å². The first kappa shape index (κ1) is 12.1. The number of benzene rings is 1. The highest BCUT2D eigenvalue weighted by atomic mass is 19.1. The van der Waals surface area contributed by atoms with E-state index in [0.29, 0.717) is 24.1 Å². The Hall–Kier alpha value is -1.93. The Morgan fingerprint density at radius 2 is 2.25 bits per heavy atom. The number of nitro groups is 1. The zero-order chi connectivity index (χ0) is 12.1. The Balaban J connectivity index is 3.12. The van der Waals surface area contributed by atoms with Crippen molar-refractivity contribution >= 4 is 5.69 Å². The van der Waals surface area contributed by atoms with Crippen LogP contribution in [0.3, 0.4) is 0 Å². The van der Waals surface area contributed by atoms with Gasteiger partial charge in [-0.15, -0.1) is 0 Å². The number of nitrogens with two attached hydrogens (primary N) is 1. The third-order valence-corrected chi connectivity index (χ3v) is 1.98. The predicted octanol–water partition coefficient (Wildman–Crippen LogP) is 1.74. The minimum atomic E-state index is -0.868. The second kappa shape index (κ2) is 5.24. The molecule has 1 aromatic rings. The van der Waals surface area contributed by atoms with Crippen LogP contribution >= 0.6 is 0 Å². The van der Waals surface area contributed by atoms with E-state index in [1.54, 1.807) is 6.92 Å². The molecule has 0 bridgehead atoms. The molecule has 0 aromatic heterocycles.